The van der Waals surface area contributed by atoms with Crippen molar-refractivity contribution in [1.82, 2.24) is 14.6 Å². The first-order valence-corrected chi connectivity index (χ1v) is 13.7. The Morgan fingerprint density at radius 1 is 1.22 bits per heavy atom. The fourth-order valence-electron chi connectivity index (χ4n) is 4.23. The topological polar surface area (TPSA) is 158 Å². The van der Waals surface area contributed by atoms with Crippen LogP contribution < -0.4 is 25.6 Å². The molecule has 1 unspecified atom stereocenters. The summed E-state index contributed by atoms with van der Waals surface area (Å²) in [5, 5.41) is 14.0. The highest BCUT2D eigenvalue weighted by Crippen LogP contribution is 2.47. The van der Waals surface area contributed by atoms with Crippen LogP contribution >= 0.6 is 8.18 Å². The van der Waals surface area contributed by atoms with Gasteiger partial charge in [0.05, 0.1) is 6.10 Å². The first-order valence-electron chi connectivity index (χ1n) is 12.5. The Balaban J connectivity index is 1.47. The molecule has 0 amide bonds. The van der Waals surface area contributed by atoms with Gasteiger partial charge in [-0.05, 0) is 57.3 Å². The van der Waals surface area contributed by atoms with Crippen molar-refractivity contribution in [3.8, 4) is 11.5 Å². The number of fused-ring (bicyclic) bond motifs is 1. The number of aromatic amines is 1. The molecule has 3 aromatic rings. The van der Waals surface area contributed by atoms with Gasteiger partial charge in [-0.1, -0.05) is 17.2 Å². The average molecular weight is 597 g/mol. The molecule has 1 aromatic heterocycles. The van der Waals surface area contributed by atoms with Crippen LogP contribution in [-0.4, -0.2) is 57.0 Å². The largest absolute Gasteiger partial charge is 0.664 e. The second kappa shape index (κ2) is 11.6. The minimum Gasteiger partial charge on any atom is -0.487 e. The Morgan fingerprint density at radius 2 is 1.95 bits per heavy atom. The van der Waals surface area contributed by atoms with E-state index in [4.69, 9.17) is 18.7 Å². The monoisotopic (exact) mass is 596 g/mol. The Kier molecular flexibility index (Phi) is 8.59. The van der Waals surface area contributed by atoms with Crippen LogP contribution in [0.3, 0.4) is 0 Å². The van der Waals surface area contributed by atoms with Crippen molar-refractivity contribution in [2.24, 2.45) is 0 Å². The molecule has 0 saturated carbocycles. The van der Waals surface area contributed by atoms with Crippen molar-refractivity contribution in [3.63, 3.8) is 0 Å². The molecule has 3 N–H and O–H groups in total. The van der Waals surface area contributed by atoms with Crippen molar-refractivity contribution >= 4 is 24.9 Å². The normalized spacial score (nSPS) is 25.2. The molecule has 2 aromatic carbocycles. The van der Waals surface area contributed by atoms with Crippen molar-refractivity contribution in [1.29, 1.82) is 0 Å². The predicted molar refractivity (Wildman–Crippen MR) is 142 cm³/mol. The van der Waals surface area contributed by atoms with Crippen molar-refractivity contribution in [2.45, 2.75) is 63.7 Å². The van der Waals surface area contributed by atoms with Crippen molar-refractivity contribution in [3.05, 3.63) is 69.5 Å². The molecule has 0 spiro atoms. The number of rotatable bonds is 10. The third-order valence-corrected chi connectivity index (χ3v) is 7.24. The Morgan fingerprint density at radius 3 is 2.63 bits per heavy atom. The lowest BCUT2D eigenvalue weighted by molar-refractivity contribution is -0.202. The zero-order chi connectivity index (χ0) is 30.1. The number of alkyl halides is 2. The Bertz CT molecular complexity index is 1580. The van der Waals surface area contributed by atoms with Crippen LogP contribution in [0.4, 0.5) is 8.78 Å². The van der Waals surface area contributed by atoms with Gasteiger partial charge < -0.3 is 19.3 Å². The summed E-state index contributed by atoms with van der Waals surface area (Å²) in [4.78, 5) is 37.4. The van der Waals surface area contributed by atoms with Gasteiger partial charge in [0.15, 0.2) is 23.8 Å². The number of H-pyrrole nitrogens is 1. The number of carbonyl (C=O) groups is 1. The SMILES string of the molecule is CC(C)OC(=O)[C@H](C)N[P+](=O)Oc1ccc2c(OC[C@@]3(F)O[C@@H](n4ccc(=O)[nH]c4=O)[C@](C)(F)[C@@H]3O)cccc2c1. The Hall–Kier alpha value is -3.71. The second-order valence-corrected chi connectivity index (χ2v) is 10.9. The van der Waals surface area contributed by atoms with E-state index < -0.39 is 61.9 Å². The standard InChI is InChI=1S/C26H28F2N3O9P/c1-14(2)38-21(33)15(3)30-41(36)40-17-8-9-18-16(12-17)6-5-7-19(18)37-13-26(28)22(34)25(4,27)23(39-26)31-11-10-20(32)29-24(31)35/h5-12,14-15,22-23,34H,13H2,1-4H3,(H-,29,30,32,35,36)/p+1/t15-,22-,23+,25+,26+/m0/s1. The summed E-state index contributed by atoms with van der Waals surface area (Å²) in [6, 6.07) is 9.40. The lowest BCUT2D eigenvalue weighted by Crippen LogP contribution is -2.48. The first-order chi connectivity index (χ1) is 19.2. The van der Waals surface area contributed by atoms with E-state index in [9.17, 15) is 24.1 Å². The van der Waals surface area contributed by atoms with E-state index in [1.165, 1.54) is 25.1 Å². The number of hydrogen-bond acceptors (Lipinski definition) is 9. The highest BCUT2D eigenvalue weighted by Gasteiger charge is 2.65. The molecule has 12 nitrogen and oxygen atoms in total. The molecule has 2 heterocycles. The summed E-state index contributed by atoms with van der Waals surface area (Å²) in [7, 11) is -2.48. The van der Waals surface area contributed by atoms with E-state index in [0.717, 1.165) is 19.2 Å². The van der Waals surface area contributed by atoms with Crippen LogP contribution in [0.2, 0.25) is 0 Å². The van der Waals surface area contributed by atoms with Crippen LogP contribution in [-0.2, 0) is 18.8 Å². The number of esters is 1. The van der Waals surface area contributed by atoms with E-state index in [2.05, 4.69) is 5.09 Å². The molecule has 4 rings (SSSR count). The van der Waals surface area contributed by atoms with Gasteiger partial charge in [0.1, 0.15) is 18.4 Å². The van der Waals surface area contributed by atoms with Gasteiger partial charge in [-0.2, -0.15) is 0 Å². The molecule has 41 heavy (non-hydrogen) atoms. The molecule has 0 bridgehead atoms. The van der Waals surface area contributed by atoms with Crippen LogP contribution in [0.5, 0.6) is 11.5 Å². The van der Waals surface area contributed by atoms with Crippen LogP contribution in [0.15, 0.2) is 58.3 Å². The lowest BCUT2D eigenvalue weighted by atomic mass is 9.97. The van der Waals surface area contributed by atoms with Crippen molar-refractivity contribution in [2.75, 3.05) is 6.61 Å². The molecule has 1 aliphatic rings. The zero-order valence-corrected chi connectivity index (χ0v) is 23.4. The molecule has 1 saturated heterocycles. The number of hydrogen-bond donors (Lipinski definition) is 3. The maximum atomic E-state index is 15.8. The van der Waals surface area contributed by atoms with Gasteiger partial charge in [-0.25, -0.2) is 18.1 Å². The summed E-state index contributed by atoms with van der Waals surface area (Å²) < 4.78 is 65.5. The van der Waals surface area contributed by atoms with Gasteiger partial charge in [-0.3, -0.25) is 19.1 Å². The van der Waals surface area contributed by atoms with E-state index >= 15 is 8.78 Å². The minimum atomic E-state index is -3.06. The number of benzene rings is 2. The summed E-state index contributed by atoms with van der Waals surface area (Å²) >= 11 is 0. The van der Waals surface area contributed by atoms with E-state index in [-0.39, 0.29) is 17.6 Å². The van der Waals surface area contributed by atoms with E-state index in [1.54, 1.807) is 32.0 Å². The molecule has 6 atom stereocenters. The van der Waals surface area contributed by atoms with Crippen molar-refractivity contribution < 1.29 is 42.0 Å². The number of halogens is 2. The third kappa shape index (κ3) is 6.46. The predicted octanol–water partition coefficient (Wildman–Crippen LogP) is 3.02. The number of nitrogens with zero attached hydrogens (tertiary/aromatic N) is 1. The minimum absolute atomic E-state index is 0.152. The molecule has 15 heteroatoms. The second-order valence-electron chi connectivity index (χ2n) is 9.94. The lowest BCUT2D eigenvalue weighted by Gasteiger charge is -2.25. The maximum Gasteiger partial charge on any atom is 0.664 e. The number of nitrogens with one attached hydrogen (secondary N) is 2. The maximum absolute atomic E-state index is 15.8. The number of aliphatic hydroxyl groups excluding tert-OH is 1. The molecule has 0 radical (unpaired) electrons. The highest BCUT2D eigenvalue weighted by molar-refractivity contribution is 7.37. The summed E-state index contributed by atoms with van der Waals surface area (Å²) in [6.45, 7) is 4.79. The molecule has 1 fully saturated rings. The number of carbonyl (C=O) groups excluding carboxylic acids is 1. The number of aliphatic hydroxyl groups is 1. The summed E-state index contributed by atoms with van der Waals surface area (Å²) in [6.07, 6.45) is -3.64. The summed E-state index contributed by atoms with van der Waals surface area (Å²) in [5.41, 5.74) is -4.55. The molecular formula is C26H29F2N3O9P+. The summed E-state index contributed by atoms with van der Waals surface area (Å²) in [5.74, 6) is -3.29. The smallest absolute Gasteiger partial charge is 0.487 e. The molecule has 0 aliphatic carbocycles. The van der Waals surface area contributed by atoms with E-state index in [0.29, 0.717) is 15.3 Å². The van der Waals surface area contributed by atoms with Gasteiger partial charge in [0, 0.05) is 22.2 Å². The van der Waals surface area contributed by atoms with Crippen LogP contribution in [0, 0.1) is 0 Å². The Labute approximate surface area is 233 Å². The first kappa shape index (κ1) is 30.3. The molecular weight excluding hydrogens is 567 g/mol. The molecule has 1 aliphatic heterocycles. The van der Waals surface area contributed by atoms with Gasteiger partial charge >= 0.3 is 19.8 Å². The fourth-order valence-corrected chi connectivity index (χ4v) is 5.01. The number of aromatic nitrogens is 2. The van der Waals surface area contributed by atoms with Crippen LogP contribution in [0.1, 0.15) is 33.9 Å². The average Bonchev–Trinajstić information content (AvgIpc) is 3.07. The third-order valence-electron chi connectivity index (χ3n) is 6.27. The van der Waals surface area contributed by atoms with Gasteiger partial charge in [-0.15, -0.1) is 0 Å². The van der Waals surface area contributed by atoms with Gasteiger partial charge in [0.2, 0.25) is 0 Å². The zero-order valence-electron chi connectivity index (χ0n) is 22.5. The van der Waals surface area contributed by atoms with E-state index in [1.807, 2.05) is 4.98 Å². The molecule has 220 valence electrons. The van der Waals surface area contributed by atoms with Gasteiger partial charge in [0.25, 0.3) is 11.4 Å². The highest BCUT2D eigenvalue weighted by atomic mass is 31.1. The fraction of sp³-hybridized carbons (Fsp3) is 0.423. The quantitative estimate of drug-likeness (QED) is 0.235. The number of ether oxygens (including phenoxy) is 3. The van der Waals surface area contributed by atoms with Crippen LogP contribution in [0.25, 0.3) is 10.8 Å².